The molecule has 0 aliphatic rings. The summed E-state index contributed by atoms with van der Waals surface area (Å²) in [4.78, 5) is 11.8. The van der Waals surface area contributed by atoms with Gasteiger partial charge in [-0.05, 0) is 29.9 Å². The predicted octanol–water partition coefficient (Wildman–Crippen LogP) is 2.50. The van der Waals surface area contributed by atoms with Crippen LogP contribution in [0.25, 0.3) is 0 Å². The van der Waals surface area contributed by atoms with Crippen LogP contribution >= 0.6 is 0 Å². The summed E-state index contributed by atoms with van der Waals surface area (Å²) < 4.78 is 0. The second kappa shape index (κ2) is 7.95. The zero-order valence-electron chi connectivity index (χ0n) is 12.5. The molecule has 3 nitrogen and oxygen atoms in total. The molecule has 1 rings (SSSR count). The van der Waals surface area contributed by atoms with E-state index >= 15 is 0 Å². The van der Waals surface area contributed by atoms with Crippen LogP contribution in [-0.2, 0) is 17.8 Å². The number of benzene rings is 1. The quantitative estimate of drug-likeness (QED) is 0.792. The lowest BCUT2D eigenvalue weighted by Crippen LogP contribution is -2.43. The molecule has 19 heavy (non-hydrogen) atoms. The topological polar surface area (TPSA) is 41.1 Å². The first-order valence-corrected chi connectivity index (χ1v) is 7.09. The van der Waals surface area contributed by atoms with Gasteiger partial charge in [0.2, 0.25) is 5.91 Å². The summed E-state index contributed by atoms with van der Waals surface area (Å²) in [6.07, 6.45) is 1.91. The van der Waals surface area contributed by atoms with Gasteiger partial charge in [-0.15, -0.1) is 0 Å². The molecule has 0 spiro atoms. The average Bonchev–Trinajstić information content (AvgIpc) is 2.42. The van der Waals surface area contributed by atoms with Crippen LogP contribution in [0.1, 0.15) is 38.3 Å². The lowest BCUT2D eigenvalue weighted by Gasteiger charge is -2.19. The maximum Gasteiger partial charge on any atom is 0.236 e. The average molecular weight is 262 g/mol. The normalized spacial score (nSPS) is 12.5. The van der Waals surface area contributed by atoms with Crippen LogP contribution in [-0.4, -0.2) is 19.0 Å². The van der Waals surface area contributed by atoms with E-state index in [0.717, 1.165) is 19.4 Å². The van der Waals surface area contributed by atoms with E-state index in [1.165, 1.54) is 11.1 Å². The summed E-state index contributed by atoms with van der Waals surface area (Å²) in [5, 5.41) is 6.07. The SMILES string of the molecule is CCc1ccc(CNC(CC(C)C)C(=O)NC)cc1. The molecule has 1 unspecified atom stereocenters. The molecule has 0 aliphatic carbocycles. The molecule has 0 bridgehead atoms. The predicted molar refractivity (Wildman–Crippen MR) is 80.0 cm³/mol. The lowest BCUT2D eigenvalue weighted by atomic mass is 10.0. The van der Waals surface area contributed by atoms with E-state index in [4.69, 9.17) is 0 Å². The van der Waals surface area contributed by atoms with Crippen LogP contribution in [0.3, 0.4) is 0 Å². The Balaban J connectivity index is 2.56. The molecule has 0 heterocycles. The first-order chi connectivity index (χ1) is 9.06. The van der Waals surface area contributed by atoms with E-state index in [0.29, 0.717) is 5.92 Å². The fraction of sp³-hybridized carbons (Fsp3) is 0.562. The van der Waals surface area contributed by atoms with Crippen molar-refractivity contribution < 1.29 is 4.79 Å². The zero-order valence-corrected chi connectivity index (χ0v) is 12.5. The molecule has 106 valence electrons. The van der Waals surface area contributed by atoms with Crippen molar-refractivity contribution in [1.29, 1.82) is 0 Å². The maximum absolute atomic E-state index is 11.8. The summed E-state index contributed by atoms with van der Waals surface area (Å²) in [7, 11) is 1.69. The number of aryl methyl sites for hydroxylation is 1. The smallest absolute Gasteiger partial charge is 0.236 e. The van der Waals surface area contributed by atoms with Gasteiger partial charge >= 0.3 is 0 Å². The number of likely N-dealkylation sites (N-methyl/N-ethyl adjacent to an activating group) is 1. The molecule has 3 heteroatoms. The van der Waals surface area contributed by atoms with E-state index in [2.05, 4.69) is 55.7 Å². The summed E-state index contributed by atoms with van der Waals surface area (Å²) in [5.41, 5.74) is 2.56. The van der Waals surface area contributed by atoms with Gasteiger partial charge in [0.25, 0.3) is 0 Å². The standard InChI is InChI=1S/C16H26N2O/c1-5-13-6-8-14(9-7-13)11-18-15(10-12(2)3)16(19)17-4/h6-9,12,15,18H,5,10-11H2,1-4H3,(H,17,19). The lowest BCUT2D eigenvalue weighted by molar-refractivity contribution is -0.123. The van der Waals surface area contributed by atoms with E-state index in [9.17, 15) is 4.79 Å². The molecule has 0 saturated carbocycles. The highest BCUT2D eigenvalue weighted by molar-refractivity contribution is 5.81. The summed E-state index contributed by atoms with van der Waals surface area (Å²) in [5.74, 6) is 0.566. The van der Waals surface area contributed by atoms with E-state index in [1.807, 2.05) is 0 Å². The molecule has 0 fully saturated rings. The second-order valence-electron chi connectivity index (χ2n) is 5.35. The molecule has 0 aromatic heterocycles. The minimum Gasteiger partial charge on any atom is -0.358 e. The Morgan fingerprint density at radius 1 is 1.16 bits per heavy atom. The number of hydrogen-bond acceptors (Lipinski definition) is 2. The van der Waals surface area contributed by atoms with Gasteiger partial charge in [0.15, 0.2) is 0 Å². The second-order valence-corrected chi connectivity index (χ2v) is 5.35. The van der Waals surface area contributed by atoms with Gasteiger partial charge in [-0.3, -0.25) is 4.79 Å². The van der Waals surface area contributed by atoms with Crippen molar-refractivity contribution in [2.75, 3.05) is 7.05 Å². The van der Waals surface area contributed by atoms with Crippen molar-refractivity contribution >= 4 is 5.91 Å². The molecule has 1 aromatic rings. The number of carbonyl (C=O) groups is 1. The van der Waals surface area contributed by atoms with E-state index in [-0.39, 0.29) is 11.9 Å². The maximum atomic E-state index is 11.8. The van der Waals surface area contributed by atoms with Gasteiger partial charge in [-0.25, -0.2) is 0 Å². The Bertz CT molecular complexity index is 384. The molecule has 2 N–H and O–H groups in total. The minimum absolute atomic E-state index is 0.0684. The van der Waals surface area contributed by atoms with E-state index < -0.39 is 0 Å². The van der Waals surface area contributed by atoms with E-state index in [1.54, 1.807) is 7.05 Å². The Hall–Kier alpha value is -1.35. The zero-order chi connectivity index (χ0) is 14.3. The molecule has 1 amide bonds. The third-order valence-electron chi connectivity index (χ3n) is 3.25. The first kappa shape index (κ1) is 15.7. The number of hydrogen-bond donors (Lipinski definition) is 2. The van der Waals surface area contributed by atoms with Crippen LogP contribution in [0.15, 0.2) is 24.3 Å². The Morgan fingerprint density at radius 2 is 1.74 bits per heavy atom. The Morgan fingerprint density at radius 3 is 2.21 bits per heavy atom. The van der Waals surface area contributed by atoms with Crippen molar-refractivity contribution in [3.8, 4) is 0 Å². The number of carbonyl (C=O) groups excluding carboxylic acids is 1. The van der Waals surface area contributed by atoms with Crippen LogP contribution in [0, 0.1) is 5.92 Å². The number of amides is 1. The van der Waals surface area contributed by atoms with Crippen molar-refractivity contribution in [1.82, 2.24) is 10.6 Å². The molecule has 0 radical (unpaired) electrons. The van der Waals surface area contributed by atoms with Crippen LogP contribution < -0.4 is 10.6 Å². The Labute approximate surface area is 116 Å². The van der Waals surface area contributed by atoms with Gasteiger partial charge in [0, 0.05) is 13.6 Å². The summed E-state index contributed by atoms with van der Waals surface area (Å²) in [6.45, 7) is 7.15. The van der Waals surface area contributed by atoms with Crippen LogP contribution in [0.2, 0.25) is 0 Å². The van der Waals surface area contributed by atoms with Gasteiger partial charge in [-0.2, -0.15) is 0 Å². The molecule has 0 aliphatic heterocycles. The van der Waals surface area contributed by atoms with Gasteiger partial charge in [-0.1, -0.05) is 45.0 Å². The summed E-state index contributed by atoms with van der Waals surface area (Å²) in [6, 6.07) is 8.43. The highest BCUT2D eigenvalue weighted by Gasteiger charge is 2.17. The molecular weight excluding hydrogens is 236 g/mol. The van der Waals surface area contributed by atoms with Gasteiger partial charge in [0.1, 0.15) is 0 Å². The molecule has 1 atom stereocenters. The third kappa shape index (κ3) is 5.43. The number of rotatable bonds is 7. The first-order valence-electron chi connectivity index (χ1n) is 7.09. The van der Waals surface area contributed by atoms with Crippen molar-refractivity contribution in [2.45, 2.75) is 46.2 Å². The largest absolute Gasteiger partial charge is 0.358 e. The highest BCUT2D eigenvalue weighted by atomic mass is 16.2. The molecule has 1 aromatic carbocycles. The number of nitrogens with one attached hydrogen (secondary N) is 2. The van der Waals surface area contributed by atoms with Crippen LogP contribution in [0.5, 0.6) is 0 Å². The molecular formula is C16H26N2O. The molecule has 0 saturated heterocycles. The fourth-order valence-electron chi connectivity index (χ4n) is 2.06. The monoisotopic (exact) mass is 262 g/mol. The fourth-order valence-corrected chi connectivity index (χ4v) is 2.06. The Kier molecular flexibility index (Phi) is 6.57. The highest BCUT2D eigenvalue weighted by Crippen LogP contribution is 2.08. The third-order valence-corrected chi connectivity index (χ3v) is 3.25. The van der Waals surface area contributed by atoms with Crippen molar-refractivity contribution in [3.05, 3.63) is 35.4 Å². The van der Waals surface area contributed by atoms with Crippen molar-refractivity contribution in [2.24, 2.45) is 5.92 Å². The van der Waals surface area contributed by atoms with Gasteiger partial charge < -0.3 is 10.6 Å². The summed E-state index contributed by atoms with van der Waals surface area (Å²) >= 11 is 0. The van der Waals surface area contributed by atoms with Crippen molar-refractivity contribution in [3.63, 3.8) is 0 Å². The van der Waals surface area contributed by atoms with Gasteiger partial charge in [0.05, 0.1) is 6.04 Å². The van der Waals surface area contributed by atoms with Crippen LogP contribution in [0.4, 0.5) is 0 Å². The minimum atomic E-state index is -0.115.